The molecule has 4 nitrogen and oxygen atoms in total. The number of nitrogens with zero attached hydrogens (tertiary/aromatic N) is 2. The fourth-order valence-corrected chi connectivity index (χ4v) is 2.46. The fraction of sp³-hybridized carbons (Fsp3) is 1.00. The van der Waals surface area contributed by atoms with Crippen LogP contribution in [0.5, 0.6) is 0 Å². The van der Waals surface area contributed by atoms with E-state index in [1.807, 2.05) is 0 Å². The maximum absolute atomic E-state index is 8.69. The maximum Gasteiger partial charge on any atom is 0.0558 e. The second-order valence-corrected chi connectivity index (χ2v) is 6.30. The third-order valence-electron chi connectivity index (χ3n) is 3.37. The monoisotopic (exact) mass is 290 g/mol. The van der Waals surface area contributed by atoms with Crippen LogP contribution in [0.3, 0.4) is 0 Å². The Morgan fingerprint density at radius 2 is 0.750 bits per heavy atom. The van der Waals surface area contributed by atoms with Crippen molar-refractivity contribution in [1.82, 2.24) is 9.80 Å². The molecule has 0 radical (unpaired) electrons. The predicted octanol–water partition coefficient (Wildman–Crippen LogP) is 2.20. The summed E-state index contributed by atoms with van der Waals surface area (Å²) in [6, 6.07) is 2.14. The summed E-state index contributed by atoms with van der Waals surface area (Å²) < 4.78 is 0. The van der Waals surface area contributed by atoms with Gasteiger partial charge < -0.3 is 10.2 Å². The van der Waals surface area contributed by atoms with Gasteiger partial charge in [0.1, 0.15) is 0 Å². The van der Waals surface area contributed by atoms with Gasteiger partial charge in [-0.25, -0.2) is 0 Å². The fourth-order valence-electron chi connectivity index (χ4n) is 2.46. The molecular weight excluding hydrogens is 252 g/mol. The van der Waals surface area contributed by atoms with Gasteiger partial charge in [0.05, 0.1) is 13.2 Å². The van der Waals surface area contributed by atoms with Crippen LogP contribution in [0.2, 0.25) is 0 Å². The predicted molar refractivity (Wildman–Crippen MR) is 88.1 cm³/mol. The van der Waals surface area contributed by atoms with Crippen LogP contribution in [-0.4, -0.2) is 70.5 Å². The first-order valence-electron chi connectivity index (χ1n) is 7.92. The van der Waals surface area contributed by atoms with E-state index in [4.69, 9.17) is 10.2 Å². The lowest BCUT2D eigenvalue weighted by Gasteiger charge is -2.29. The molecule has 0 heterocycles. The second kappa shape index (κ2) is 12.6. The molecule has 0 aliphatic carbocycles. The highest BCUT2D eigenvalue weighted by Crippen LogP contribution is 2.03. The SMILES string of the molecule is CC(C)N(CCO)C(C)C.CC(C)N(CCO)C(C)C. The minimum Gasteiger partial charge on any atom is -0.395 e. The Morgan fingerprint density at radius 1 is 0.550 bits per heavy atom. The smallest absolute Gasteiger partial charge is 0.0558 e. The van der Waals surface area contributed by atoms with E-state index in [0.717, 1.165) is 13.1 Å². The Hall–Kier alpha value is -0.160. The molecule has 0 atom stereocenters. The van der Waals surface area contributed by atoms with Crippen molar-refractivity contribution in [2.75, 3.05) is 26.3 Å². The lowest BCUT2D eigenvalue weighted by Crippen LogP contribution is -2.38. The molecule has 2 N–H and O–H groups in total. The summed E-state index contributed by atoms with van der Waals surface area (Å²) in [6.45, 7) is 19.3. The van der Waals surface area contributed by atoms with Crippen molar-refractivity contribution in [2.45, 2.75) is 79.6 Å². The number of rotatable bonds is 8. The molecule has 124 valence electrons. The molecule has 4 heteroatoms. The van der Waals surface area contributed by atoms with Crippen molar-refractivity contribution >= 4 is 0 Å². The van der Waals surface area contributed by atoms with Crippen LogP contribution >= 0.6 is 0 Å². The molecule has 0 spiro atoms. The molecule has 0 aromatic carbocycles. The largest absolute Gasteiger partial charge is 0.395 e. The number of aliphatic hydroxyl groups excluding tert-OH is 2. The normalized spacial score (nSPS) is 12.0. The number of aliphatic hydroxyl groups is 2. The first kappa shape index (κ1) is 22.1. The van der Waals surface area contributed by atoms with Crippen molar-refractivity contribution in [2.24, 2.45) is 0 Å². The molecule has 0 bridgehead atoms. The van der Waals surface area contributed by atoms with Crippen LogP contribution in [-0.2, 0) is 0 Å². The quantitative estimate of drug-likeness (QED) is 0.719. The lowest BCUT2D eigenvalue weighted by atomic mass is 10.2. The van der Waals surface area contributed by atoms with Crippen LogP contribution in [0.15, 0.2) is 0 Å². The Labute approximate surface area is 126 Å². The Bertz CT molecular complexity index is 169. The Balaban J connectivity index is 0. The summed E-state index contributed by atoms with van der Waals surface area (Å²) in [5.41, 5.74) is 0. The van der Waals surface area contributed by atoms with Gasteiger partial charge in [-0.1, -0.05) is 0 Å². The van der Waals surface area contributed by atoms with Crippen LogP contribution in [0.1, 0.15) is 55.4 Å². The number of hydrogen-bond donors (Lipinski definition) is 2. The van der Waals surface area contributed by atoms with E-state index >= 15 is 0 Å². The van der Waals surface area contributed by atoms with E-state index < -0.39 is 0 Å². The summed E-state index contributed by atoms with van der Waals surface area (Å²) >= 11 is 0. The molecule has 0 aromatic rings. The van der Waals surface area contributed by atoms with Crippen molar-refractivity contribution < 1.29 is 10.2 Å². The van der Waals surface area contributed by atoms with Crippen LogP contribution < -0.4 is 0 Å². The highest BCUT2D eigenvalue weighted by Gasteiger charge is 2.11. The van der Waals surface area contributed by atoms with Crippen molar-refractivity contribution in [1.29, 1.82) is 0 Å². The average molecular weight is 290 g/mol. The Morgan fingerprint density at radius 3 is 0.800 bits per heavy atom. The van der Waals surface area contributed by atoms with Crippen LogP contribution in [0.25, 0.3) is 0 Å². The van der Waals surface area contributed by atoms with Gasteiger partial charge in [-0.2, -0.15) is 0 Å². The highest BCUT2D eigenvalue weighted by molar-refractivity contribution is 4.66. The van der Waals surface area contributed by atoms with Gasteiger partial charge in [-0.15, -0.1) is 0 Å². The molecule has 0 amide bonds. The zero-order valence-corrected chi connectivity index (χ0v) is 14.9. The van der Waals surface area contributed by atoms with Gasteiger partial charge in [0, 0.05) is 37.3 Å². The molecule has 0 unspecified atom stereocenters. The summed E-state index contributed by atoms with van der Waals surface area (Å²) in [5, 5.41) is 17.4. The van der Waals surface area contributed by atoms with Crippen molar-refractivity contribution in [3.05, 3.63) is 0 Å². The maximum atomic E-state index is 8.69. The van der Waals surface area contributed by atoms with Gasteiger partial charge in [0.25, 0.3) is 0 Å². The molecule has 0 aromatic heterocycles. The zero-order chi connectivity index (χ0) is 16.3. The van der Waals surface area contributed by atoms with E-state index in [0.29, 0.717) is 24.2 Å². The minimum atomic E-state index is 0.260. The Kier molecular flexibility index (Phi) is 13.9. The van der Waals surface area contributed by atoms with E-state index in [1.165, 1.54) is 0 Å². The van der Waals surface area contributed by atoms with E-state index in [-0.39, 0.29) is 13.2 Å². The van der Waals surface area contributed by atoms with Gasteiger partial charge in [0.2, 0.25) is 0 Å². The molecule has 0 aliphatic rings. The summed E-state index contributed by atoms with van der Waals surface area (Å²) in [4.78, 5) is 4.53. The van der Waals surface area contributed by atoms with Crippen LogP contribution in [0.4, 0.5) is 0 Å². The molecule has 0 rings (SSSR count). The number of hydrogen-bond acceptors (Lipinski definition) is 4. The topological polar surface area (TPSA) is 46.9 Å². The highest BCUT2D eigenvalue weighted by atomic mass is 16.3. The van der Waals surface area contributed by atoms with E-state index in [2.05, 4.69) is 65.2 Å². The van der Waals surface area contributed by atoms with Crippen LogP contribution in [0, 0.1) is 0 Å². The molecule has 0 saturated carbocycles. The third-order valence-corrected chi connectivity index (χ3v) is 3.37. The van der Waals surface area contributed by atoms with Crippen molar-refractivity contribution in [3.63, 3.8) is 0 Å². The first-order chi connectivity index (χ1) is 9.18. The second-order valence-electron chi connectivity index (χ2n) is 6.30. The molecule has 0 fully saturated rings. The molecule has 0 saturated heterocycles. The van der Waals surface area contributed by atoms with Crippen molar-refractivity contribution in [3.8, 4) is 0 Å². The zero-order valence-electron chi connectivity index (χ0n) is 14.9. The van der Waals surface area contributed by atoms with Gasteiger partial charge >= 0.3 is 0 Å². The standard InChI is InChI=1S/2C8H19NO/c2*1-7(2)9(5-6-10)8(3)4/h2*7-8,10H,5-6H2,1-4H3. The molecular formula is C16H38N2O2. The molecule has 0 aliphatic heterocycles. The average Bonchev–Trinajstić information content (AvgIpc) is 2.32. The van der Waals surface area contributed by atoms with Gasteiger partial charge in [-0.3, -0.25) is 9.80 Å². The van der Waals surface area contributed by atoms with E-state index in [9.17, 15) is 0 Å². The van der Waals surface area contributed by atoms with Gasteiger partial charge in [0.15, 0.2) is 0 Å². The first-order valence-corrected chi connectivity index (χ1v) is 7.92. The lowest BCUT2D eigenvalue weighted by molar-refractivity contribution is 0.134. The summed E-state index contributed by atoms with van der Waals surface area (Å²) in [6.07, 6.45) is 0. The van der Waals surface area contributed by atoms with Gasteiger partial charge in [-0.05, 0) is 55.4 Å². The summed E-state index contributed by atoms with van der Waals surface area (Å²) in [7, 11) is 0. The third kappa shape index (κ3) is 10.6. The minimum absolute atomic E-state index is 0.260. The molecule has 20 heavy (non-hydrogen) atoms. The van der Waals surface area contributed by atoms with E-state index in [1.54, 1.807) is 0 Å². The summed E-state index contributed by atoms with van der Waals surface area (Å²) in [5.74, 6) is 0.